The number of hydrazone groups is 1. The van der Waals surface area contributed by atoms with Crippen LogP contribution in [-0.4, -0.2) is 30.4 Å². The van der Waals surface area contributed by atoms with Crippen molar-refractivity contribution in [1.82, 2.24) is 15.9 Å². The monoisotopic (exact) mass is 290 g/mol. The Hall–Kier alpha value is -0.880. The van der Waals surface area contributed by atoms with Gasteiger partial charge in [-0.3, -0.25) is 10.9 Å². The molecule has 0 unspecified atom stereocenters. The van der Waals surface area contributed by atoms with Crippen LogP contribution in [0, 0.1) is 0 Å². The van der Waals surface area contributed by atoms with E-state index in [-0.39, 0.29) is 0 Å². The maximum absolute atomic E-state index is 5.97. The summed E-state index contributed by atoms with van der Waals surface area (Å²) in [7, 11) is 3.64. The summed E-state index contributed by atoms with van der Waals surface area (Å²) in [6.07, 6.45) is 1.52. The Morgan fingerprint density at radius 2 is 1.94 bits per heavy atom. The van der Waals surface area contributed by atoms with Gasteiger partial charge in [-0.2, -0.15) is 5.10 Å². The summed E-state index contributed by atoms with van der Waals surface area (Å²) < 4.78 is 0. The molecule has 1 rings (SSSR count). The molecule has 0 aliphatic rings. The van der Waals surface area contributed by atoms with Crippen LogP contribution >= 0.6 is 35.4 Å². The van der Waals surface area contributed by atoms with Crippen LogP contribution < -0.4 is 10.9 Å². The highest BCUT2D eigenvalue weighted by molar-refractivity contribution is 7.80. The normalized spacial score (nSPS) is 10.9. The van der Waals surface area contributed by atoms with Crippen molar-refractivity contribution >= 4 is 46.7 Å². The molecule has 17 heavy (non-hydrogen) atoms. The minimum absolute atomic E-state index is 0.384. The number of hydrogen-bond acceptors (Lipinski definition) is 3. The van der Waals surface area contributed by atoms with E-state index in [2.05, 4.69) is 16.0 Å². The second-order valence-corrected chi connectivity index (χ2v) is 4.56. The molecule has 0 aliphatic heterocycles. The molecule has 1 aromatic rings. The first-order valence-corrected chi connectivity index (χ1v) is 5.88. The molecular weight excluding hydrogens is 279 g/mol. The molecular formula is C10H12Cl2N4S. The van der Waals surface area contributed by atoms with Crippen LogP contribution in [0.5, 0.6) is 0 Å². The number of thiocarbonyl (C=S) groups is 1. The Balaban J connectivity index is 2.63. The van der Waals surface area contributed by atoms with Crippen LogP contribution in [0.2, 0.25) is 10.0 Å². The van der Waals surface area contributed by atoms with Crippen LogP contribution in [0.15, 0.2) is 23.3 Å². The van der Waals surface area contributed by atoms with Gasteiger partial charge in [-0.15, -0.1) is 0 Å². The summed E-state index contributed by atoms with van der Waals surface area (Å²) in [5.74, 6) is 0. The number of hydrazine groups is 1. The van der Waals surface area contributed by atoms with Gasteiger partial charge in [0.2, 0.25) is 5.11 Å². The van der Waals surface area contributed by atoms with Crippen LogP contribution in [0.25, 0.3) is 0 Å². The number of nitrogens with one attached hydrogen (secondary N) is 2. The van der Waals surface area contributed by atoms with E-state index in [0.29, 0.717) is 20.7 Å². The summed E-state index contributed by atoms with van der Waals surface area (Å²) in [6, 6.07) is 5.25. The van der Waals surface area contributed by atoms with Crippen molar-refractivity contribution in [3.63, 3.8) is 0 Å². The zero-order chi connectivity index (χ0) is 12.8. The first-order valence-electron chi connectivity index (χ1n) is 4.71. The smallest absolute Gasteiger partial charge is 0.201 e. The van der Waals surface area contributed by atoms with Gasteiger partial charge >= 0.3 is 0 Å². The lowest BCUT2D eigenvalue weighted by Crippen LogP contribution is -2.41. The minimum atomic E-state index is 0.384. The second kappa shape index (κ2) is 6.76. The van der Waals surface area contributed by atoms with E-state index in [1.54, 1.807) is 23.2 Å². The molecule has 0 heterocycles. The lowest BCUT2D eigenvalue weighted by molar-refractivity contribution is 0.360. The maximum Gasteiger partial charge on any atom is 0.201 e. The third kappa shape index (κ3) is 4.87. The topological polar surface area (TPSA) is 39.7 Å². The Morgan fingerprint density at radius 3 is 2.47 bits per heavy atom. The van der Waals surface area contributed by atoms with E-state index in [9.17, 15) is 0 Å². The molecule has 0 atom stereocenters. The van der Waals surface area contributed by atoms with E-state index >= 15 is 0 Å². The molecule has 0 fully saturated rings. The third-order valence-corrected chi connectivity index (χ3v) is 2.53. The first kappa shape index (κ1) is 14.2. The quantitative estimate of drug-likeness (QED) is 0.509. The van der Waals surface area contributed by atoms with Crippen molar-refractivity contribution in [2.24, 2.45) is 5.10 Å². The predicted molar refractivity (Wildman–Crippen MR) is 76.6 cm³/mol. The molecule has 0 radical (unpaired) electrons. The van der Waals surface area contributed by atoms with E-state index in [1.807, 2.05) is 14.1 Å². The van der Waals surface area contributed by atoms with Crippen LogP contribution in [0.3, 0.4) is 0 Å². The number of hydrogen-bond donors (Lipinski definition) is 2. The van der Waals surface area contributed by atoms with Crippen LogP contribution in [-0.2, 0) is 0 Å². The highest BCUT2D eigenvalue weighted by Crippen LogP contribution is 2.21. The van der Waals surface area contributed by atoms with Gasteiger partial charge in [0.25, 0.3) is 0 Å². The highest BCUT2D eigenvalue weighted by atomic mass is 35.5. The van der Waals surface area contributed by atoms with Crippen molar-refractivity contribution < 1.29 is 0 Å². The average molecular weight is 291 g/mol. The largest absolute Gasteiger partial charge is 0.295 e. The fraction of sp³-hybridized carbons (Fsp3) is 0.200. The lowest BCUT2D eigenvalue weighted by atomic mass is 10.2. The van der Waals surface area contributed by atoms with Gasteiger partial charge in [0.05, 0.1) is 16.3 Å². The minimum Gasteiger partial charge on any atom is -0.295 e. The summed E-state index contributed by atoms with van der Waals surface area (Å²) in [5, 5.41) is 7.10. The van der Waals surface area contributed by atoms with E-state index < -0.39 is 0 Å². The maximum atomic E-state index is 5.97. The Morgan fingerprint density at radius 1 is 1.35 bits per heavy atom. The van der Waals surface area contributed by atoms with Gasteiger partial charge in [0, 0.05) is 19.7 Å². The number of halogens is 2. The van der Waals surface area contributed by atoms with Gasteiger partial charge in [0.15, 0.2) is 0 Å². The molecule has 4 nitrogen and oxygen atoms in total. The van der Waals surface area contributed by atoms with Gasteiger partial charge in [-0.25, -0.2) is 5.01 Å². The van der Waals surface area contributed by atoms with Gasteiger partial charge in [-0.05, 0) is 24.4 Å². The summed E-state index contributed by atoms with van der Waals surface area (Å²) in [5.41, 5.74) is 6.13. The molecule has 0 aliphatic carbocycles. The average Bonchev–Trinajstić information content (AvgIpc) is 2.21. The standard InChI is InChI=1S/C10H12Cl2N4S/c1-16(2)15-10(17)14-13-6-7-8(11)4-3-5-9(7)12/h3-6H,1-2H3,(H2,14,15,17). The van der Waals surface area contributed by atoms with Crippen molar-refractivity contribution in [3.8, 4) is 0 Å². The second-order valence-electron chi connectivity index (χ2n) is 3.34. The van der Waals surface area contributed by atoms with Crippen molar-refractivity contribution in [3.05, 3.63) is 33.8 Å². The van der Waals surface area contributed by atoms with E-state index in [4.69, 9.17) is 35.4 Å². The molecule has 1 aromatic carbocycles. The number of rotatable bonds is 3. The Kier molecular flexibility index (Phi) is 5.64. The van der Waals surface area contributed by atoms with Crippen molar-refractivity contribution in [2.45, 2.75) is 0 Å². The predicted octanol–water partition coefficient (Wildman–Crippen LogP) is 2.27. The van der Waals surface area contributed by atoms with Crippen LogP contribution in [0.1, 0.15) is 5.56 Å². The zero-order valence-electron chi connectivity index (χ0n) is 9.37. The fourth-order valence-corrected chi connectivity index (χ4v) is 1.75. The van der Waals surface area contributed by atoms with Gasteiger partial charge in [0.1, 0.15) is 0 Å². The third-order valence-electron chi connectivity index (χ3n) is 1.68. The molecule has 7 heteroatoms. The molecule has 0 amide bonds. The fourth-order valence-electron chi connectivity index (χ4n) is 1.02. The summed E-state index contributed by atoms with van der Waals surface area (Å²) in [4.78, 5) is 0. The molecule has 0 saturated carbocycles. The molecule has 92 valence electrons. The van der Waals surface area contributed by atoms with Crippen LogP contribution in [0.4, 0.5) is 0 Å². The Bertz CT molecular complexity index is 414. The van der Waals surface area contributed by atoms with E-state index in [1.165, 1.54) is 6.21 Å². The SMILES string of the molecule is CN(C)NC(=S)NN=Cc1c(Cl)cccc1Cl. The van der Waals surface area contributed by atoms with E-state index in [0.717, 1.165) is 0 Å². The summed E-state index contributed by atoms with van der Waals surface area (Å²) >= 11 is 16.9. The molecule has 0 aromatic heterocycles. The lowest BCUT2D eigenvalue weighted by Gasteiger charge is -2.12. The zero-order valence-corrected chi connectivity index (χ0v) is 11.7. The number of nitrogens with zero attached hydrogens (tertiary/aromatic N) is 2. The molecule has 2 N–H and O–H groups in total. The van der Waals surface area contributed by atoms with Gasteiger partial charge < -0.3 is 0 Å². The molecule has 0 saturated heterocycles. The highest BCUT2D eigenvalue weighted by Gasteiger charge is 2.01. The number of benzene rings is 1. The van der Waals surface area contributed by atoms with Crippen molar-refractivity contribution in [1.29, 1.82) is 0 Å². The molecule has 0 spiro atoms. The first-order chi connectivity index (χ1) is 8.00. The van der Waals surface area contributed by atoms with Crippen molar-refractivity contribution in [2.75, 3.05) is 14.1 Å². The van der Waals surface area contributed by atoms with Gasteiger partial charge in [-0.1, -0.05) is 29.3 Å². The summed E-state index contributed by atoms with van der Waals surface area (Å²) in [6.45, 7) is 0. The molecule has 0 bridgehead atoms. The Labute approximate surface area is 116 Å².